The van der Waals surface area contributed by atoms with Crippen LogP contribution in [0.5, 0.6) is 0 Å². The van der Waals surface area contributed by atoms with Gasteiger partial charge in [-0.25, -0.2) is 0 Å². The van der Waals surface area contributed by atoms with Gasteiger partial charge in [-0.2, -0.15) is 5.70 Å². The summed E-state index contributed by atoms with van der Waals surface area (Å²) < 4.78 is 1.37. The molecule has 1 radical (unpaired) electrons. The van der Waals surface area contributed by atoms with E-state index in [1.165, 1.54) is 49.5 Å². The molecule has 0 bridgehead atoms. The molecule has 0 aliphatic heterocycles. The SMILES string of the molecule is CC(=O)/C=C(/C)[N-]C(C)C.CC(C)c1ccc2nc(-c3[c-]ccc4c3C(C)(C)c3c-4sc4ccccc34)ccc2c1.[Ir]. The summed E-state index contributed by atoms with van der Waals surface area (Å²) >= 11 is 1.91. The number of carbonyl (C=O) groups is 1. The number of allylic oxidation sites excluding steroid dienone is 2. The first-order chi connectivity index (χ1) is 19.5. The molecule has 1 aliphatic rings. The van der Waals surface area contributed by atoms with Crippen molar-refractivity contribution in [1.82, 2.24) is 4.98 Å². The standard InChI is InChI=1S/C29H24NS.C8H15NO.Ir/c1-17(2)18-12-14-23-19(16-18)13-15-24(30-23)20-9-7-10-22-26(20)29(3,4)27-21-8-5-6-11-25(21)31-28(22)27;1-6(2)9-7(3)5-8(4)10;/h5-8,10-17H,1-4H3;5-6H,1-4H3,(H,9,10);/q-1;;/p-1. The van der Waals surface area contributed by atoms with Gasteiger partial charge in [-0.3, -0.25) is 9.78 Å². The van der Waals surface area contributed by atoms with Gasteiger partial charge in [0, 0.05) is 29.7 Å². The maximum atomic E-state index is 10.5. The number of rotatable bonds is 5. The third kappa shape index (κ3) is 6.15. The quantitative estimate of drug-likeness (QED) is 0.133. The van der Waals surface area contributed by atoms with E-state index in [0.29, 0.717) is 5.92 Å². The number of nitrogens with zero attached hydrogens (tertiary/aromatic N) is 2. The van der Waals surface area contributed by atoms with Crippen LogP contribution in [0, 0.1) is 6.07 Å². The predicted molar refractivity (Wildman–Crippen MR) is 176 cm³/mol. The summed E-state index contributed by atoms with van der Waals surface area (Å²) in [6, 6.07) is 27.9. The van der Waals surface area contributed by atoms with Gasteiger partial charge in [-0.05, 0) is 70.1 Å². The molecule has 42 heavy (non-hydrogen) atoms. The Morgan fingerprint density at radius 3 is 2.40 bits per heavy atom. The van der Waals surface area contributed by atoms with Crippen LogP contribution in [0.1, 0.15) is 78.0 Å². The topological polar surface area (TPSA) is 44.1 Å². The molecule has 0 saturated carbocycles. The molecule has 0 N–H and O–H groups in total. The van der Waals surface area contributed by atoms with Crippen LogP contribution in [-0.4, -0.2) is 16.8 Å². The van der Waals surface area contributed by atoms with E-state index in [0.717, 1.165) is 22.5 Å². The van der Waals surface area contributed by atoms with E-state index in [-0.39, 0.29) is 37.3 Å². The molecule has 5 heteroatoms. The van der Waals surface area contributed by atoms with E-state index >= 15 is 0 Å². The van der Waals surface area contributed by atoms with E-state index in [9.17, 15) is 4.79 Å². The average Bonchev–Trinajstić information content (AvgIpc) is 3.41. The largest absolute Gasteiger partial charge is 0.686 e. The number of pyridine rings is 1. The minimum atomic E-state index is -0.0878. The molecular formula is C37H38IrN2OS-2. The molecule has 3 nitrogen and oxygen atoms in total. The van der Waals surface area contributed by atoms with Crippen molar-refractivity contribution in [3.05, 3.63) is 107 Å². The molecule has 6 rings (SSSR count). The van der Waals surface area contributed by atoms with Crippen LogP contribution in [0.15, 0.2) is 78.5 Å². The van der Waals surface area contributed by atoms with Crippen molar-refractivity contribution in [2.24, 2.45) is 0 Å². The van der Waals surface area contributed by atoms with Crippen LogP contribution in [0.4, 0.5) is 0 Å². The molecule has 219 valence electrons. The average molecular weight is 751 g/mol. The molecular weight excluding hydrogens is 713 g/mol. The van der Waals surface area contributed by atoms with Crippen molar-refractivity contribution >= 4 is 38.1 Å². The second-order valence-electron chi connectivity index (χ2n) is 12.0. The number of ketones is 1. The van der Waals surface area contributed by atoms with Crippen molar-refractivity contribution in [1.29, 1.82) is 0 Å². The number of benzene rings is 3. The van der Waals surface area contributed by atoms with Crippen LogP contribution in [0.3, 0.4) is 0 Å². The van der Waals surface area contributed by atoms with Crippen LogP contribution < -0.4 is 0 Å². The minimum absolute atomic E-state index is 0. The molecule has 0 spiro atoms. The van der Waals surface area contributed by atoms with Gasteiger partial charge in [-0.1, -0.05) is 90.4 Å². The number of thiophene rings is 1. The summed E-state index contributed by atoms with van der Waals surface area (Å²) in [5.74, 6) is 0.575. The Hall–Kier alpha value is -3.11. The van der Waals surface area contributed by atoms with Gasteiger partial charge in [0.05, 0.1) is 5.52 Å². The van der Waals surface area contributed by atoms with Gasteiger partial charge in [-0.15, -0.1) is 46.7 Å². The zero-order chi connectivity index (χ0) is 29.5. The normalized spacial score (nSPS) is 13.4. The van der Waals surface area contributed by atoms with Gasteiger partial charge in [0.1, 0.15) is 0 Å². The first-order valence-electron chi connectivity index (χ1n) is 14.4. The summed E-state index contributed by atoms with van der Waals surface area (Å²) in [5, 5.41) is 6.74. The van der Waals surface area contributed by atoms with E-state index in [1.807, 2.05) is 32.1 Å². The second-order valence-corrected chi connectivity index (χ2v) is 13.0. The van der Waals surface area contributed by atoms with E-state index < -0.39 is 0 Å². The van der Waals surface area contributed by atoms with E-state index in [4.69, 9.17) is 4.98 Å². The van der Waals surface area contributed by atoms with Crippen molar-refractivity contribution in [2.45, 2.75) is 72.8 Å². The van der Waals surface area contributed by atoms with Crippen molar-refractivity contribution < 1.29 is 24.9 Å². The summed E-state index contributed by atoms with van der Waals surface area (Å²) in [6.07, 6.45) is 1.54. The monoisotopic (exact) mass is 751 g/mol. The summed E-state index contributed by atoms with van der Waals surface area (Å²) in [4.78, 5) is 17.0. The zero-order valence-electron chi connectivity index (χ0n) is 25.6. The van der Waals surface area contributed by atoms with Crippen LogP contribution in [-0.2, 0) is 30.3 Å². The fraction of sp³-hybridized carbons (Fsp3) is 0.297. The maximum Gasteiger partial charge on any atom is 0.151 e. The molecule has 0 fully saturated rings. The molecule has 1 aliphatic carbocycles. The molecule has 0 unspecified atom stereocenters. The van der Waals surface area contributed by atoms with Gasteiger partial charge in [0.2, 0.25) is 0 Å². The number of aromatic nitrogens is 1. The van der Waals surface area contributed by atoms with E-state index in [1.54, 1.807) is 6.08 Å². The van der Waals surface area contributed by atoms with Crippen molar-refractivity contribution in [3.8, 4) is 21.7 Å². The molecule has 3 aromatic carbocycles. The number of carbonyl (C=O) groups excluding carboxylic acids is 1. The Morgan fingerprint density at radius 1 is 0.976 bits per heavy atom. The van der Waals surface area contributed by atoms with Gasteiger partial charge in [0.25, 0.3) is 0 Å². The third-order valence-electron chi connectivity index (χ3n) is 7.60. The van der Waals surface area contributed by atoms with E-state index in [2.05, 4.69) is 106 Å². The fourth-order valence-corrected chi connectivity index (χ4v) is 7.29. The molecule has 2 heterocycles. The Labute approximate surface area is 267 Å². The first-order valence-corrected chi connectivity index (χ1v) is 15.2. The maximum absolute atomic E-state index is 10.5. The fourth-order valence-electron chi connectivity index (χ4n) is 5.90. The Kier molecular flexibility index (Phi) is 9.57. The van der Waals surface area contributed by atoms with Gasteiger partial charge in [0.15, 0.2) is 5.78 Å². The molecule has 0 saturated heterocycles. The van der Waals surface area contributed by atoms with Crippen molar-refractivity contribution in [2.75, 3.05) is 0 Å². The summed E-state index contributed by atoms with van der Waals surface area (Å²) in [7, 11) is 0. The van der Waals surface area contributed by atoms with Crippen LogP contribution >= 0.6 is 11.3 Å². The van der Waals surface area contributed by atoms with Crippen molar-refractivity contribution in [3.63, 3.8) is 0 Å². The zero-order valence-corrected chi connectivity index (χ0v) is 28.8. The van der Waals surface area contributed by atoms with Crippen LogP contribution in [0.2, 0.25) is 0 Å². The summed E-state index contributed by atoms with van der Waals surface area (Å²) in [6.45, 7) is 16.5. The Morgan fingerprint density at radius 2 is 1.71 bits per heavy atom. The van der Waals surface area contributed by atoms with Gasteiger partial charge < -0.3 is 5.32 Å². The Balaban J connectivity index is 0.000000320. The second kappa shape index (κ2) is 12.6. The number of fused-ring (bicyclic) bond motifs is 6. The third-order valence-corrected chi connectivity index (χ3v) is 8.80. The molecule has 0 amide bonds. The smallest absolute Gasteiger partial charge is 0.151 e. The molecule has 2 aromatic heterocycles. The first kappa shape index (κ1) is 31.8. The summed E-state index contributed by atoms with van der Waals surface area (Å²) in [5.41, 5.74) is 9.40. The number of hydrogen-bond donors (Lipinski definition) is 0. The Bertz CT molecular complexity index is 1790. The predicted octanol–water partition coefficient (Wildman–Crippen LogP) is 10.6. The molecule has 5 aromatic rings. The van der Waals surface area contributed by atoms with Crippen LogP contribution in [0.25, 0.3) is 48.0 Å². The number of hydrogen-bond acceptors (Lipinski definition) is 3. The minimum Gasteiger partial charge on any atom is -0.686 e. The molecule has 0 atom stereocenters. The van der Waals surface area contributed by atoms with Gasteiger partial charge >= 0.3 is 0 Å².